The summed E-state index contributed by atoms with van der Waals surface area (Å²) in [7, 11) is 0. The lowest BCUT2D eigenvalue weighted by atomic mass is 10.1. The minimum absolute atomic E-state index is 0.379. The van der Waals surface area contributed by atoms with Crippen LogP contribution in [0.15, 0.2) is 40.9 Å². The van der Waals surface area contributed by atoms with E-state index in [-0.39, 0.29) is 0 Å². The molecule has 2 nitrogen and oxygen atoms in total. The minimum atomic E-state index is 0.379. The summed E-state index contributed by atoms with van der Waals surface area (Å²) in [6, 6.07) is 11.0. The molecule has 0 aromatic heterocycles. The standard InChI is InChI=1S/C14H11BrClNOS/c1-8-6-10(3-4-11(8)14(17)19)18-13-7-9(15)2-5-12(13)16/h2-7H,1H3,(H2,17,19). The highest BCUT2D eigenvalue weighted by Gasteiger charge is 2.07. The van der Waals surface area contributed by atoms with E-state index in [1.165, 1.54) is 0 Å². The molecule has 0 aliphatic heterocycles. The first-order chi connectivity index (χ1) is 8.97. The minimum Gasteiger partial charge on any atom is -0.456 e. The summed E-state index contributed by atoms with van der Waals surface area (Å²) in [5, 5.41) is 0.555. The second kappa shape index (κ2) is 5.90. The average molecular weight is 357 g/mol. The lowest BCUT2D eigenvalue weighted by Crippen LogP contribution is -2.10. The number of aryl methyl sites for hydroxylation is 1. The van der Waals surface area contributed by atoms with Crippen LogP contribution in [0.1, 0.15) is 11.1 Å². The molecule has 0 saturated heterocycles. The van der Waals surface area contributed by atoms with Gasteiger partial charge >= 0.3 is 0 Å². The quantitative estimate of drug-likeness (QED) is 0.799. The van der Waals surface area contributed by atoms with Crippen molar-refractivity contribution >= 4 is 44.7 Å². The molecule has 0 radical (unpaired) electrons. The van der Waals surface area contributed by atoms with Gasteiger partial charge in [0.05, 0.1) is 5.02 Å². The fraction of sp³-hybridized carbons (Fsp3) is 0.0714. The molecule has 0 bridgehead atoms. The van der Waals surface area contributed by atoms with E-state index in [9.17, 15) is 0 Å². The smallest absolute Gasteiger partial charge is 0.147 e. The third-order valence-electron chi connectivity index (χ3n) is 2.58. The van der Waals surface area contributed by atoms with Gasteiger partial charge in [0.1, 0.15) is 16.5 Å². The van der Waals surface area contributed by atoms with Crippen LogP contribution in [0.4, 0.5) is 0 Å². The lowest BCUT2D eigenvalue weighted by molar-refractivity contribution is 0.482. The maximum atomic E-state index is 6.08. The van der Waals surface area contributed by atoms with Gasteiger partial charge in [-0.3, -0.25) is 0 Å². The molecule has 0 atom stereocenters. The molecule has 0 amide bonds. The molecule has 2 N–H and O–H groups in total. The zero-order valence-electron chi connectivity index (χ0n) is 10.1. The van der Waals surface area contributed by atoms with Crippen molar-refractivity contribution in [2.45, 2.75) is 6.92 Å². The Morgan fingerprint density at radius 3 is 2.63 bits per heavy atom. The summed E-state index contributed by atoms with van der Waals surface area (Å²) < 4.78 is 6.67. The van der Waals surface area contributed by atoms with E-state index in [1.807, 2.05) is 37.3 Å². The van der Waals surface area contributed by atoms with Crippen molar-refractivity contribution in [3.05, 3.63) is 57.0 Å². The highest BCUT2D eigenvalue weighted by molar-refractivity contribution is 9.10. The van der Waals surface area contributed by atoms with E-state index in [2.05, 4.69) is 15.9 Å². The number of hydrogen-bond acceptors (Lipinski definition) is 2. The van der Waals surface area contributed by atoms with Crippen molar-refractivity contribution in [2.75, 3.05) is 0 Å². The zero-order valence-corrected chi connectivity index (χ0v) is 13.3. The summed E-state index contributed by atoms with van der Waals surface area (Å²) in [4.78, 5) is 0.379. The molecule has 98 valence electrons. The summed E-state index contributed by atoms with van der Waals surface area (Å²) in [6.07, 6.45) is 0. The first-order valence-electron chi connectivity index (χ1n) is 5.51. The van der Waals surface area contributed by atoms with Gasteiger partial charge in [-0.1, -0.05) is 39.7 Å². The summed E-state index contributed by atoms with van der Waals surface area (Å²) in [6.45, 7) is 1.93. The highest BCUT2D eigenvalue weighted by Crippen LogP contribution is 2.32. The predicted octanol–water partition coefficient (Wildman–Crippen LogP) is 4.84. The third kappa shape index (κ3) is 3.47. The van der Waals surface area contributed by atoms with Gasteiger partial charge in [-0.15, -0.1) is 0 Å². The van der Waals surface area contributed by atoms with Crippen LogP contribution in [-0.4, -0.2) is 4.99 Å². The van der Waals surface area contributed by atoms with Crippen LogP contribution in [0.3, 0.4) is 0 Å². The maximum absolute atomic E-state index is 6.08. The van der Waals surface area contributed by atoms with Crippen molar-refractivity contribution < 1.29 is 4.74 Å². The summed E-state index contributed by atoms with van der Waals surface area (Å²) in [5.74, 6) is 1.29. The molecule has 0 heterocycles. The Bertz CT molecular complexity index is 645. The molecule has 2 aromatic rings. The molecule has 5 heteroatoms. The van der Waals surface area contributed by atoms with Crippen molar-refractivity contribution in [3.8, 4) is 11.5 Å². The van der Waals surface area contributed by atoms with Crippen LogP contribution in [0, 0.1) is 6.92 Å². The van der Waals surface area contributed by atoms with E-state index in [4.69, 9.17) is 34.3 Å². The first kappa shape index (κ1) is 14.3. The fourth-order valence-corrected chi connectivity index (χ4v) is 2.38. The van der Waals surface area contributed by atoms with Gasteiger partial charge in [-0.25, -0.2) is 0 Å². The molecule has 0 fully saturated rings. The second-order valence-corrected chi connectivity index (χ2v) is 5.78. The largest absolute Gasteiger partial charge is 0.456 e. The van der Waals surface area contributed by atoms with Crippen molar-refractivity contribution in [2.24, 2.45) is 5.73 Å². The Balaban J connectivity index is 2.31. The van der Waals surface area contributed by atoms with Crippen molar-refractivity contribution in [1.29, 1.82) is 0 Å². The topological polar surface area (TPSA) is 35.2 Å². The van der Waals surface area contributed by atoms with E-state index in [0.29, 0.717) is 21.5 Å². The SMILES string of the molecule is Cc1cc(Oc2cc(Br)ccc2Cl)ccc1C(N)=S. The summed E-state index contributed by atoms with van der Waals surface area (Å²) >= 11 is 14.4. The number of ether oxygens (including phenoxy) is 1. The average Bonchev–Trinajstić information content (AvgIpc) is 2.33. The van der Waals surface area contributed by atoms with Crippen LogP contribution in [-0.2, 0) is 0 Å². The van der Waals surface area contributed by atoms with Gasteiger partial charge in [0.25, 0.3) is 0 Å². The van der Waals surface area contributed by atoms with Crippen LogP contribution in [0.25, 0.3) is 0 Å². The predicted molar refractivity (Wildman–Crippen MR) is 86.3 cm³/mol. The van der Waals surface area contributed by atoms with Gasteiger partial charge in [0.2, 0.25) is 0 Å². The van der Waals surface area contributed by atoms with Gasteiger partial charge in [0, 0.05) is 10.0 Å². The monoisotopic (exact) mass is 355 g/mol. The number of halogens is 2. The Morgan fingerprint density at radius 2 is 2.00 bits per heavy atom. The molecule has 0 saturated carbocycles. The normalized spacial score (nSPS) is 10.3. The van der Waals surface area contributed by atoms with Crippen LogP contribution in [0.5, 0.6) is 11.5 Å². The molecule has 0 aliphatic rings. The molecular formula is C14H11BrClNOS. The van der Waals surface area contributed by atoms with Gasteiger partial charge in [0.15, 0.2) is 0 Å². The Kier molecular flexibility index (Phi) is 4.45. The molecule has 2 aromatic carbocycles. The van der Waals surface area contributed by atoms with Crippen LogP contribution >= 0.6 is 39.7 Å². The number of benzene rings is 2. The van der Waals surface area contributed by atoms with E-state index in [0.717, 1.165) is 15.6 Å². The van der Waals surface area contributed by atoms with Gasteiger partial charge < -0.3 is 10.5 Å². The zero-order chi connectivity index (χ0) is 14.0. The van der Waals surface area contributed by atoms with E-state index in [1.54, 1.807) is 6.07 Å². The second-order valence-electron chi connectivity index (χ2n) is 4.02. The molecular weight excluding hydrogens is 346 g/mol. The Hall–Kier alpha value is -1.10. The van der Waals surface area contributed by atoms with Crippen molar-refractivity contribution in [1.82, 2.24) is 0 Å². The Morgan fingerprint density at radius 1 is 1.26 bits per heavy atom. The van der Waals surface area contributed by atoms with Crippen molar-refractivity contribution in [3.63, 3.8) is 0 Å². The lowest BCUT2D eigenvalue weighted by Gasteiger charge is -2.10. The molecule has 19 heavy (non-hydrogen) atoms. The highest BCUT2D eigenvalue weighted by atomic mass is 79.9. The van der Waals surface area contributed by atoms with Gasteiger partial charge in [-0.2, -0.15) is 0 Å². The van der Waals surface area contributed by atoms with E-state index < -0.39 is 0 Å². The maximum Gasteiger partial charge on any atom is 0.147 e. The number of rotatable bonds is 3. The summed E-state index contributed by atoms with van der Waals surface area (Å²) in [5.41, 5.74) is 7.44. The molecule has 2 rings (SSSR count). The Labute approximate surface area is 130 Å². The third-order valence-corrected chi connectivity index (χ3v) is 3.61. The molecule has 0 spiro atoms. The molecule has 0 unspecified atom stereocenters. The number of hydrogen-bond donors (Lipinski definition) is 1. The first-order valence-corrected chi connectivity index (χ1v) is 7.08. The van der Waals surface area contributed by atoms with Crippen LogP contribution < -0.4 is 10.5 Å². The van der Waals surface area contributed by atoms with Gasteiger partial charge in [-0.05, 0) is 48.9 Å². The molecule has 0 aliphatic carbocycles. The van der Waals surface area contributed by atoms with E-state index >= 15 is 0 Å². The number of nitrogens with two attached hydrogens (primary N) is 1. The van der Waals surface area contributed by atoms with Crippen LogP contribution in [0.2, 0.25) is 5.02 Å². The fourth-order valence-electron chi connectivity index (χ4n) is 1.66. The number of thiocarbonyl (C=S) groups is 1.